The van der Waals surface area contributed by atoms with Crippen LogP contribution in [0.4, 0.5) is 0 Å². The Morgan fingerprint density at radius 2 is 1.77 bits per heavy atom. The summed E-state index contributed by atoms with van der Waals surface area (Å²) in [5.41, 5.74) is 0. The van der Waals surface area contributed by atoms with Gasteiger partial charge in [-0.05, 0) is 25.5 Å². The molecule has 1 saturated carbocycles. The lowest BCUT2D eigenvalue weighted by Crippen LogP contribution is -2.31. The molecular weight excluding hydrogens is 320 g/mol. The van der Waals surface area contributed by atoms with Gasteiger partial charge in [-0.3, -0.25) is 4.79 Å². The highest BCUT2D eigenvalue weighted by Gasteiger charge is 2.37. The zero-order valence-corrected chi connectivity index (χ0v) is 16.1. The molecule has 1 unspecified atom stereocenters. The third-order valence-corrected chi connectivity index (χ3v) is 9.94. The second kappa shape index (κ2) is 8.69. The number of hydrogen-bond acceptors (Lipinski definition) is 4. The van der Waals surface area contributed by atoms with Gasteiger partial charge in [0.05, 0.1) is 11.5 Å². The number of carbonyl (C=O) groups is 1. The lowest BCUT2D eigenvalue weighted by molar-refractivity contribution is -0.119. The summed E-state index contributed by atoms with van der Waals surface area (Å²) in [6.07, 6.45) is 8.74. The van der Waals surface area contributed by atoms with Crippen LogP contribution in [0.5, 0.6) is 0 Å². The Balaban J connectivity index is 2.91. The summed E-state index contributed by atoms with van der Waals surface area (Å²) in [5, 5.41) is 0.236. The minimum absolute atomic E-state index is 0.0642. The third-order valence-electron chi connectivity index (χ3n) is 4.34. The summed E-state index contributed by atoms with van der Waals surface area (Å²) in [6.45, 7) is 5.70. The third kappa shape index (κ3) is 6.20. The Kier molecular flexibility index (Phi) is 7.89. The van der Waals surface area contributed by atoms with Crippen LogP contribution in [0.2, 0.25) is 0 Å². The summed E-state index contributed by atoms with van der Waals surface area (Å²) in [5.74, 6) is 0.390. The number of ketones is 1. The van der Waals surface area contributed by atoms with Gasteiger partial charge in [0.25, 0.3) is 10.1 Å². The van der Waals surface area contributed by atoms with Crippen LogP contribution in [0.15, 0.2) is 0 Å². The second-order valence-electron chi connectivity index (χ2n) is 6.78. The van der Waals surface area contributed by atoms with E-state index in [-0.39, 0.29) is 28.5 Å². The van der Waals surface area contributed by atoms with Gasteiger partial charge < -0.3 is 0 Å². The van der Waals surface area contributed by atoms with Gasteiger partial charge >= 0.3 is 0 Å². The summed E-state index contributed by atoms with van der Waals surface area (Å²) in [6, 6.07) is 0. The Morgan fingerprint density at radius 1 is 1.18 bits per heavy atom. The highest BCUT2D eigenvalue weighted by molar-refractivity contribution is 8.33. The number of carbonyl (C=O) groups excluding carboxylic acids is 1. The molecule has 0 bridgehead atoms. The van der Waals surface area contributed by atoms with E-state index in [9.17, 15) is 13.2 Å². The van der Waals surface area contributed by atoms with E-state index in [0.717, 1.165) is 32.1 Å². The molecular formula is C16H32O4S2. The van der Waals surface area contributed by atoms with E-state index < -0.39 is 20.4 Å². The maximum Gasteiger partial charge on any atom is 0.276 e. The smallest absolute Gasteiger partial charge is 0.276 e. The topological polar surface area (TPSA) is 60.4 Å². The van der Waals surface area contributed by atoms with Crippen molar-refractivity contribution in [1.29, 1.82) is 0 Å². The van der Waals surface area contributed by atoms with E-state index in [1.807, 2.05) is 27.0 Å². The fraction of sp³-hybridized carbons (Fsp3) is 0.938. The molecule has 4 nitrogen and oxygen atoms in total. The normalized spacial score (nSPS) is 21.5. The molecule has 1 fully saturated rings. The highest BCUT2D eigenvalue weighted by Crippen LogP contribution is 2.56. The quantitative estimate of drug-likeness (QED) is 0.628. The molecule has 1 aliphatic rings. The predicted octanol–water partition coefficient (Wildman–Crippen LogP) is 4.04. The van der Waals surface area contributed by atoms with Gasteiger partial charge in [0.15, 0.2) is 0 Å². The van der Waals surface area contributed by atoms with Crippen molar-refractivity contribution in [2.24, 2.45) is 5.92 Å². The Labute approximate surface area is 138 Å². The van der Waals surface area contributed by atoms with Crippen LogP contribution in [0, 0.1) is 5.92 Å². The van der Waals surface area contributed by atoms with E-state index >= 15 is 0 Å². The van der Waals surface area contributed by atoms with E-state index in [1.165, 1.54) is 6.42 Å². The molecule has 22 heavy (non-hydrogen) atoms. The fourth-order valence-electron chi connectivity index (χ4n) is 2.80. The van der Waals surface area contributed by atoms with Gasteiger partial charge in [-0.15, -0.1) is 10.3 Å². The van der Waals surface area contributed by atoms with Crippen LogP contribution in [0.25, 0.3) is 0 Å². The predicted molar refractivity (Wildman–Crippen MR) is 94.9 cm³/mol. The van der Waals surface area contributed by atoms with Gasteiger partial charge in [-0.2, -0.15) is 8.42 Å². The summed E-state index contributed by atoms with van der Waals surface area (Å²) in [4.78, 5) is 12.2. The molecule has 0 N–H and O–H groups in total. The molecule has 0 radical (unpaired) electrons. The van der Waals surface area contributed by atoms with Crippen LogP contribution in [-0.4, -0.2) is 37.2 Å². The van der Waals surface area contributed by atoms with Crippen molar-refractivity contribution in [1.82, 2.24) is 0 Å². The second-order valence-corrected chi connectivity index (χ2v) is 11.9. The minimum atomic E-state index is -3.54. The van der Waals surface area contributed by atoms with Crippen molar-refractivity contribution < 1.29 is 16.8 Å². The van der Waals surface area contributed by atoms with Crippen molar-refractivity contribution in [2.45, 2.75) is 71.0 Å². The van der Waals surface area contributed by atoms with Crippen molar-refractivity contribution in [3.8, 4) is 0 Å². The summed E-state index contributed by atoms with van der Waals surface area (Å²) in [7, 11) is -5.45. The van der Waals surface area contributed by atoms with Crippen LogP contribution >= 0.6 is 10.3 Å². The zero-order valence-electron chi connectivity index (χ0n) is 14.5. The van der Waals surface area contributed by atoms with Crippen LogP contribution in [-0.2, 0) is 18.5 Å². The molecule has 1 rings (SSSR count). The molecule has 132 valence electrons. The first-order valence-electron chi connectivity index (χ1n) is 8.41. The standard InChI is InChI=1S/C16H32O4S2/c1-5-6-12-22(18,19)20-21(4,13-16(17)14(2)3)15-10-8-7-9-11-15/h14-15H,5-13H2,1-4H3. The van der Waals surface area contributed by atoms with E-state index in [1.54, 1.807) is 0 Å². The van der Waals surface area contributed by atoms with Crippen molar-refractivity contribution in [3.05, 3.63) is 0 Å². The first-order valence-corrected chi connectivity index (χ1v) is 12.2. The van der Waals surface area contributed by atoms with Crippen LogP contribution < -0.4 is 0 Å². The molecule has 0 spiro atoms. The van der Waals surface area contributed by atoms with Gasteiger partial charge in [-0.1, -0.05) is 46.5 Å². The lowest BCUT2D eigenvalue weighted by Gasteiger charge is -2.43. The Bertz CT molecular complexity index is 453. The fourth-order valence-corrected chi connectivity index (χ4v) is 8.71. The molecule has 0 aliphatic heterocycles. The maximum atomic E-state index is 12.3. The van der Waals surface area contributed by atoms with Gasteiger partial charge in [0.2, 0.25) is 0 Å². The van der Waals surface area contributed by atoms with Crippen molar-refractivity contribution in [2.75, 3.05) is 17.8 Å². The lowest BCUT2D eigenvalue weighted by atomic mass is 10.0. The molecule has 0 aromatic heterocycles. The molecule has 6 heteroatoms. The largest absolute Gasteiger partial charge is 0.298 e. The van der Waals surface area contributed by atoms with E-state index in [2.05, 4.69) is 0 Å². The number of Topliss-reactive ketones (excluding diaryl/α,β-unsaturated/α-hetero) is 1. The van der Waals surface area contributed by atoms with Crippen molar-refractivity contribution >= 4 is 26.2 Å². The first-order chi connectivity index (χ1) is 10.2. The molecule has 0 aromatic rings. The average Bonchev–Trinajstić information content (AvgIpc) is 2.45. The SMILES string of the molecule is CCCCS(=O)(=O)OS(C)(CC(=O)C(C)C)C1CCCCC1. The van der Waals surface area contributed by atoms with Gasteiger partial charge in [-0.25, -0.2) is 3.63 Å². The molecule has 1 atom stereocenters. The summed E-state index contributed by atoms with van der Waals surface area (Å²) >= 11 is 0. The molecule has 0 heterocycles. The highest BCUT2D eigenvalue weighted by atomic mass is 32.3. The summed E-state index contributed by atoms with van der Waals surface area (Å²) < 4.78 is 30.3. The van der Waals surface area contributed by atoms with Crippen LogP contribution in [0.1, 0.15) is 65.7 Å². The Hall–Kier alpha value is -0.0700. The van der Waals surface area contributed by atoms with E-state index in [4.69, 9.17) is 3.63 Å². The molecule has 0 amide bonds. The Morgan fingerprint density at radius 3 is 2.27 bits per heavy atom. The molecule has 1 aliphatic carbocycles. The van der Waals surface area contributed by atoms with Crippen LogP contribution in [0.3, 0.4) is 0 Å². The van der Waals surface area contributed by atoms with Gasteiger partial charge in [0.1, 0.15) is 5.78 Å². The number of hydrogen-bond donors (Lipinski definition) is 0. The maximum absolute atomic E-state index is 12.3. The number of unbranched alkanes of at least 4 members (excludes halogenated alkanes) is 1. The molecule has 0 aromatic carbocycles. The van der Waals surface area contributed by atoms with E-state index in [0.29, 0.717) is 6.42 Å². The zero-order chi connectivity index (χ0) is 16.8. The average molecular weight is 353 g/mol. The minimum Gasteiger partial charge on any atom is -0.298 e. The number of rotatable bonds is 9. The van der Waals surface area contributed by atoms with Gasteiger partial charge in [0, 0.05) is 11.2 Å². The molecule has 0 saturated heterocycles. The van der Waals surface area contributed by atoms with Crippen molar-refractivity contribution in [3.63, 3.8) is 0 Å². The monoisotopic (exact) mass is 352 g/mol. The first kappa shape index (κ1) is 20.0.